The highest BCUT2D eigenvalue weighted by atomic mass is 15.3. The molecule has 1 aliphatic rings. The Balaban J connectivity index is 1.98. The minimum atomic E-state index is 0.544. The van der Waals surface area contributed by atoms with Gasteiger partial charge in [-0.2, -0.15) is 5.10 Å². The maximum atomic E-state index is 5.75. The normalized spacial score (nSPS) is 18.6. The van der Waals surface area contributed by atoms with Crippen LogP contribution in [0.25, 0.3) is 11.5 Å². The number of nitrogens with zero attached hydrogens (tertiary/aromatic N) is 5. The predicted octanol–water partition coefficient (Wildman–Crippen LogP) is 0.762. The summed E-state index contributed by atoms with van der Waals surface area (Å²) in [5.74, 6) is 2.53. The van der Waals surface area contributed by atoms with Gasteiger partial charge in [0.05, 0.1) is 5.69 Å². The van der Waals surface area contributed by atoms with Gasteiger partial charge < -0.3 is 10.3 Å². The fourth-order valence-corrected chi connectivity index (χ4v) is 2.69. The van der Waals surface area contributed by atoms with E-state index in [4.69, 9.17) is 5.73 Å². The minimum absolute atomic E-state index is 0.544. The number of nitrogens with two attached hydrogens (primary N) is 1. The smallest absolute Gasteiger partial charge is 0.182 e. The van der Waals surface area contributed by atoms with Gasteiger partial charge in [0.15, 0.2) is 5.82 Å². The third-order valence-corrected chi connectivity index (χ3v) is 3.91. The molecule has 0 spiro atoms. The van der Waals surface area contributed by atoms with Crippen LogP contribution in [-0.2, 0) is 26.4 Å². The van der Waals surface area contributed by atoms with Crippen molar-refractivity contribution in [2.24, 2.45) is 18.7 Å². The molecule has 6 nitrogen and oxygen atoms in total. The Kier molecular flexibility index (Phi) is 3.10. The molecule has 19 heavy (non-hydrogen) atoms. The van der Waals surface area contributed by atoms with E-state index in [1.165, 1.54) is 0 Å². The topological polar surface area (TPSA) is 74.6 Å². The average Bonchev–Trinajstić information content (AvgIpc) is 3.00. The van der Waals surface area contributed by atoms with Gasteiger partial charge >= 0.3 is 0 Å². The van der Waals surface area contributed by atoms with E-state index in [1.54, 1.807) is 0 Å². The molecule has 0 fully saturated rings. The molecular weight excluding hydrogens is 240 g/mol. The van der Waals surface area contributed by atoms with Crippen LogP contribution in [0.15, 0.2) is 6.07 Å². The van der Waals surface area contributed by atoms with Crippen LogP contribution in [0.2, 0.25) is 0 Å². The Hall–Kier alpha value is -1.69. The molecule has 0 saturated carbocycles. The van der Waals surface area contributed by atoms with E-state index < -0.39 is 0 Å². The second kappa shape index (κ2) is 4.77. The Labute approximate surface area is 112 Å². The van der Waals surface area contributed by atoms with Crippen molar-refractivity contribution in [3.05, 3.63) is 17.6 Å². The van der Waals surface area contributed by atoms with Crippen LogP contribution in [0.1, 0.15) is 24.9 Å². The van der Waals surface area contributed by atoms with E-state index in [0.29, 0.717) is 5.92 Å². The summed E-state index contributed by atoms with van der Waals surface area (Å²) in [6.07, 6.45) is 2.97. The van der Waals surface area contributed by atoms with Crippen molar-refractivity contribution >= 4 is 0 Å². The average molecular weight is 260 g/mol. The Morgan fingerprint density at radius 1 is 1.42 bits per heavy atom. The monoisotopic (exact) mass is 260 g/mol. The number of aryl methyl sites for hydroxylation is 2. The zero-order valence-corrected chi connectivity index (χ0v) is 11.5. The summed E-state index contributed by atoms with van der Waals surface area (Å²) in [7, 11) is 1.96. The van der Waals surface area contributed by atoms with Crippen LogP contribution in [0.3, 0.4) is 0 Å². The number of hydrogen-bond donors (Lipinski definition) is 1. The quantitative estimate of drug-likeness (QED) is 0.884. The van der Waals surface area contributed by atoms with Crippen molar-refractivity contribution in [3.8, 4) is 11.5 Å². The highest BCUT2D eigenvalue weighted by Crippen LogP contribution is 2.25. The summed E-state index contributed by atoms with van der Waals surface area (Å²) in [5, 5.41) is 13.2. The molecule has 6 heteroatoms. The molecule has 0 saturated heterocycles. The zero-order valence-electron chi connectivity index (χ0n) is 11.5. The third-order valence-electron chi connectivity index (χ3n) is 3.91. The summed E-state index contributed by atoms with van der Waals surface area (Å²) in [4.78, 5) is 0. The fourth-order valence-electron chi connectivity index (χ4n) is 2.69. The molecule has 3 heterocycles. The van der Waals surface area contributed by atoms with Gasteiger partial charge in [0.1, 0.15) is 11.5 Å². The summed E-state index contributed by atoms with van der Waals surface area (Å²) in [6, 6.07) is 2.10. The van der Waals surface area contributed by atoms with Gasteiger partial charge in [-0.3, -0.25) is 4.68 Å². The Morgan fingerprint density at radius 3 is 2.95 bits per heavy atom. The first-order valence-corrected chi connectivity index (χ1v) is 6.88. The van der Waals surface area contributed by atoms with Gasteiger partial charge in [-0.05, 0) is 31.4 Å². The molecule has 0 aromatic carbocycles. The highest BCUT2D eigenvalue weighted by Gasteiger charge is 2.24. The molecular formula is C13H20N6. The summed E-state index contributed by atoms with van der Waals surface area (Å²) in [6.45, 7) is 3.79. The van der Waals surface area contributed by atoms with E-state index in [9.17, 15) is 0 Å². The van der Waals surface area contributed by atoms with Crippen LogP contribution in [-0.4, -0.2) is 31.1 Å². The van der Waals surface area contributed by atoms with E-state index in [2.05, 4.69) is 32.9 Å². The SMILES string of the molecule is CCc1cc(-c2nnc3n2CCC(CN)C3)n(C)n1. The van der Waals surface area contributed by atoms with Crippen LogP contribution in [0, 0.1) is 5.92 Å². The van der Waals surface area contributed by atoms with Crippen molar-refractivity contribution in [1.82, 2.24) is 24.5 Å². The molecule has 2 aromatic heterocycles. The number of fused-ring (bicyclic) bond motifs is 1. The molecule has 102 valence electrons. The van der Waals surface area contributed by atoms with Crippen LogP contribution in [0.5, 0.6) is 0 Å². The molecule has 3 rings (SSSR count). The largest absolute Gasteiger partial charge is 0.330 e. The second-order valence-corrected chi connectivity index (χ2v) is 5.18. The first-order chi connectivity index (χ1) is 9.22. The first kappa shape index (κ1) is 12.3. The maximum absolute atomic E-state index is 5.75. The molecule has 2 N–H and O–H groups in total. The lowest BCUT2D eigenvalue weighted by Crippen LogP contribution is -2.26. The van der Waals surface area contributed by atoms with Crippen LogP contribution >= 0.6 is 0 Å². The van der Waals surface area contributed by atoms with E-state index >= 15 is 0 Å². The summed E-state index contributed by atoms with van der Waals surface area (Å²) in [5.41, 5.74) is 7.88. The van der Waals surface area contributed by atoms with Crippen LogP contribution in [0.4, 0.5) is 0 Å². The van der Waals surface area contributed by atoms with E-state index in [0.717, 1.165) is 55.4 Å². The molecule has 0 aliphatic carbocycles. The second-order valence-electron chi connectivity index (χ2n) is 5.18. The Bertz CT molecular complexity index is 582. The molecule has 2 aromatic rings. The van der Waals surface area contributed by atoms with Gasteiger partial charge in [-0.1, -0.05) is 6.92 Å². The highest BCUT2D eigenvalue weighted by molar-refractivity contribution is 5.51. The first-order valence-electron chi connectivity index (χ1n) is 6.88. The molecule has 1 unspecified atom stereocenters. The van der Waals surface area contributed by atoms with Gasteiger partial charge in [-0.15, -0.1) is 10.2 Å². The van der Waals surface area contributed by atoms with Crippen molar-refractivity contribution in [1.29, 1.82) is 0 Å². The van der Waals surface area contributed by atoms with Gasteiger partial charge in [0.2, 0.25) is 0 Å². The molecule has 0 bridgehead atoms. The third kappa shape index (κ3) is 2.06. The van der Waals surface area contributed by atoms with Gasteiger partial charge in [-0.25, -0.2) is 0 Å². The molecule has 0 amide bonds. The number of hydrogen-bond acceptors (Lipinski definition) is 4. The van der Waals surface area contributed by atoms with E-state index in [-0.39, 0.29) is 0 Å². The van der Waals surface area contributed by atoms with Crippen molar-refractivity contribution in [2.75, 3.05) is 6.54 Å². The maximum Gasteiger partial charge on any atom is 0.182 e. The lowest BCUT2D eigenvalue weighted by molar-refractivity contribution is 0.391. The van der Waals surface area contributed by atoms with Crippen LogP contribution < -0.4 is 5.73 Å². The zero-order chi connectivity index (χ0) is 13.4. The fraction of sp³-hybridized carbons (Fsp3) is 0.615. The minimum Gasteiger partial charge on any atom is -0.330 e. The standard InChI is InChI=1S/C13H20N6/c1-3-10-7-11(18(2)17-10)13-16-15-12-6-9(8-14)4-5-19(12)13/h7,9H,3-6,8,14H2,1-2H3. The van der Waals surface area contributed by atoms with Crippen molar-refractivity contribution < 1.29 is 0 Å². The molecule has 1 atom stereocenters. The molecule has 1 aliphatic heterocycles. The number of aromatic nitrogens is 5. The summed E-state index contributed by atoms with van der Waals surface area (Å²) >= 11 is 0. The van der Waals surface area contributed by atoms with Crippen molar-refractivity contribution in [3.63, 3.8) is 0 Å². The number of rotatable bonds is 3. The predicted molar refractivity (Wildman–Crippen MR) is 72.5 cm³/mol. The van der Waals surface area contributed by atoms with E-state index in [1.807, 2.05) is 11.7 Å². The van der Waals surface area contributed by atoms with Gasteiger partial charge in [0.25, 0.3) is 0 Å². The van der Waals surface area contributed by atoms with Gasteiger partial charge in [0, 0.05) is 20.0 Å². The lowest BCUT2D eigenvalue weighted by Gasteiger charge is -2.22. The van der Waals surface area contributed by atoms with Crippen molar-refractivity contribution in [2.45, 2.75) is 32.7 Å². The summed E-state index contributed by atoms with van der Waals surface area (Å²) < 4.78 is 4.10. The lowest BCUT2D eigenvalue weighted by atomic mass is 9.98. The Morgan fingerprint density at radius 2 is 2.26 bits per heavy atom. The molecule has 0 radical (unpaired) electrons.